The highest BCUT2D eigenvalue weighted by Gasteiger charge is 2.55. The van der Waals surface area contributed by atoms with Crippen molar-refractivity contribution < 1.29 is 28.8 Å². The number of rotatable bonds is 3. The van der Waals surface area contributed by atoms with Crippen LogP contribution >= 0.6 is 0 Å². The van der Waals surface area contributed by atoms with Crippen LogP contribution in [0.2, 0.25) is 0 Å². The third-order valence-electron chi connectivity index (χ3n) is 2.88. The molecule has 0 aromatic rings. The molecular formula is C11H18O6. The van der Waals surface area contributed by atoms with Crippen LogP contribution in [0.25, 0.3) is 0 Å². The molecule has 2 fully saturated rings. The van der Waals surface area contributed by atoms with Crippen LogP contribution in [0.15, 0.2) is 0 Å². The van der Waals surface area contributed by atoms with E-state index in [-0.39, 0.29) is 37.5 Å². The molecule has 0 aromatic heterocycles. The lowest BCUT2D eigenvalue weighted by Crippen LogP contribution is -2.33. The molecule has 4 atom stereocenters. The van der Waals surface area contributed by atoms with Gasteiger partial charge in [0.05, 0.1) is 6.61 Å². The van der Waals surface area contributed by atoms with E-state index in [2.05, 4.69) is 0 Å². The van der Waals surface area contributed by atoms with Crippen LogP contribution in [0.4, 0.5) is 0 Å². The third-order valence-corrected chi connectivity index (χ3v) is 2.88. The van der Waals surface area contributed by atoms with Gasteiger partial charge in [0.25, 0.3) is 0 Å². The molecular weight excluding hydrogens is 228 g/mol. The first-order chi connectivity index (χ1) is 7.93. The van der Waals surface area contributed by atoms with Crippen LogP contribution in [-0.4, -0.2) is 54.5 Å². The zero-order valence-electron chi connectivity index (χ0n) is 10.2. The average Bonchev–Trinajstić information content (AvgIpc) is 2.68. The van der Waals surface area contributed by atoms with Crippen molar-refractivity contribution in [3.05, 3.63) is 0 Å². The maximum Gasteiger partial charge on any atom is 0.302 e. The number of hydrogen-bond donors (Lipinski definition) is 1. The van der Waals surface area contributed by atoms with Crippen LogP contribution in [0.5, 0.6) is 0 Å². The molecule has 6 nitrogen and oxygen atoms in total. The molecule has 2 heterocycles. The normalized spacial score (nSPS) is 39.1. The van der Waals surface area contributed by atoms with Crippen LogP contribution in [-0.2, 0) is 23.7 Å². The van der Waals surface area contributed by atoms with Gasteiger partial charge in [0, 0.05) is 6.92 Å². The molecule has 2 saturated heterocycles. The summed E-state index contributed by atoms with van der Waals surface area (Å²) in [6, 6.07) is 0. The second-order valence-electron chi connectivity index (χ2n) is 4.76. The summed E-state index contributed by atoms with van der Waals surface area (Å²) in [6.45, 7) is 4.93. The lowest BCUT2D eigenvalue weighted by molar-refractivity contribution is -0.195. The fraction of sp³-hybridized carbons (Fsp3) is 0.909. The Morgan fingerprint density at radius 1 is 1.29 bits per heavy atom. The summed E-state index contributed by atoms with van der Waals surface area (Å²) in [5.41, 5.74) is 0. The minimum Gasteiger partial charge on any atom is -0.463 e. The molecule has 0 aromatic carbocycles. The van der Waals surface area contributed by atoms with E-state index < -0.39 is 11.9 Å². The van der Waals surface area contributed by atoms with Gasteiger partial charge in [-0.1, -0.05) is 0 Å². The number of hydrogen-bond acceptors (Lipinski definition) is 6. The molecule has 98 valence electrons. The summed E-state index contributed by atoms with van der Waals surface area (Å²) < 4.78 is 21.8. The first-order valence-corrected chi connectivity index (χ1v) is 5.68. The van der Waals surface area contributed by atoms with Crippen LogP contribution < -0.4 is 0 Å². The predicted molar refractivity (Wildman–Crippen MR) is 56.2 cm³/mol. The smallest absolute Gasteiger partial charge is 0.302 e. The number of aliphatic hydroxyl groups is 1. The first-order valence-electron chi connectivity index (χ1n) is 5.68. The van der Waals surface area contributed by atoms with Gasteiger partial charge in [-0.05, 0) is 13.8 Å². The number of esters is 1. The van der Waals surface area contributed by atoms with Crippen LogP contribution in [0.3, 0.4) is 0 Å². The van der Waals surface area contributed by atoms with E-state index in [0.717, 1.165) is 0 Å². The number of carbonyl (C=O) groups excluding carboxylic acids is 1. The molecule has 0 spiro atoms. The SMILES string of the molecule is CC(=O)OC[C@H]1O[C@@H](CO)[C@@H]2OC(C)(C)O[C@@H]21. The van der Waals surface area contributed by atoms with E-state index in [0.29, 0.717) is 0 Å². The molecule has 1 N–H and O–H groups in total. The highest BCUT2D eigenvalue weighted by molar-refractivity contribution is 5.65. The summed E-state index contributed by atoms with van der Waals surface area (Å²) in [7, 11) is 0. The summed E-state index contributed by atoms with van der Waals surface area (Å²) in [6.07, 6.45) is -1.43. The van der Waals surface area contributed by atoms with Crippen molar-refractivity contribution in [2.45, 2.75) is 51.0 Å². The predicted octanol–water partition coefficient (Wildman–Crippen LogP) is -0.171. The third kappa shape index (κ3) is 2.60. The molecule has 2 aliphatic heterocycles. The van der Waals surface area contributed by atoms with E-state index in [1.807, 2.05) is 13.8 Å². The van der Waals surface area contributed by atoms with Crippen molar-refractivity contribution in [2.75, 3.05) is 13.2 Å². The highest BCUT2D eigenvalue weighted by Crippen LogP contribution is 2.38. The first kappa shape index (κ1) is 12.8. The van der Waals surface area contributed by atoms with E-state index in [1.54, 1.807) is 0 Å². The van der Waals surface area contributed by atoms with Gasteiger partial charge in [0.2, 0.25) is 0 Å². The number of ether oxygens (including phenoxy) is 4. The molecule has 0 aliphatic carbocycles. The molecule has 0 bridgehead atoms. The zero-order chi connectivity index (χ0) is 12.6. The Hall–Kier alpha value is -0.690. The summed E-state index contributed by atoms with van der Waals surface area (Å²) >= 11 is 0. The van der Waals surface area contributed by atoms with E-state index in [9.17, 15) is 9.90 Å². The van der Waals surface area contributed by atoms with E-state index in [1.165, 1.54) is 6.92 Å². The summed E-state index contributed by atoms with van der Waals surface area (Å²) in [5, 5.41) is 9.21. The largest absolute Gasteiger partial charge is 0.463 e. The Labute approximate surface area is 99.8 Å². The summed E-state index contributed by atoms with van der Waals surface area (Å²) in [5.74, 6) is -1.06. The lowest BCUT2D eigenvalue weighted by atomic mass is 10.1. The minimum absolute atomic E-state index is 0.118. The Balaban J connectivity index is 2.02. The topological polar surface area (TPSA) is 74.2 Å². The van der Waals surface area contributed by atoms with E-state index >= 15 is 0 Å². The number of carbonyl (C=O) groups is 1. The highest BCUT2D eigenvalue weighted by atomic mass is 16.8. The van der Waals surface area contributed by atoms with E-state index in [4.69, 9.17) is 18.9 Å². The van der Waals surface area contributed by atoms with Crippen molar-refractivity contribution in [3.63, 3.8) is 0 Å². The summed E-state index contributed by atoms with van der Waals surface area (Å²) in [4.78, 5) is 10.8. The molecule has 2 aliphatic rings. The molecule has 6 heteroatoms. The van der Waals surface area contributed by atoms with Crippen LogP contribution in [0.1, 0.15) is 20.8 Å². The van der Waals surface area contributed by atoms with Gasteiger partial charge in [-0.25, -0.2) is 0 Å². The van der Waals surface area contributed by atoms with Gasteiger partial charge in [-0.15, -0.1) is 0 Å². The van der Waals surface area contributed by atoms with Crippen LogP contribution in [0, 0.1) is 0 Å². The second-order valence-corrected chi connectivity index (χ2v) is 4.76. The van der Waals surface area contributed by atoms with Crippen molar-refractivity contribution >= 4 is 5.97 Å². The van der Waals surface area contributed by atoms with Gasteiger partial charge < -0.3 is 24.1 Å². The van der Waals surface area contributed by atoms with Gasteiger partial charge in [-0.3, -0.25) is 4.79 Å². The van der Waals surface area contributed by atoms with Crippen molar-refractivity contribution in [3.8, 4) is 0 Å². The molecule has 0 radical (unpaired) electrons. The van der Waals surface area contributed by atoms with Crippen molar-refractivity contribution in [2.24, 2.45) is 0 Å². The maximum absolute atomic E-state index is 10.8. The minimum atomic E-state index is -0.693. The molecule has 17 heavy (non-hydrogen) atoms. The number of aliphatic hydroxyl groups excluding tert-OH is 1. The van der Waals surface area contributed by atoms with Gasteiger partial charge in [-0.2, -0.15) is 0 Å². The fourth-order valence-corrected chi connectivity index (χ4v) is 2.25. The Kier molecular flexibility index (Phi) is 3.40. The lowest BCUT2D eigenvalue weighted by Gasteiger charge is -2.23. The molecule has 0 unspecified atom stereocenters. The quantitative estimate of drug-likeness (QED) is 0.697. The average molecular weight is 246 g/mol. The standard InChI is InChI=1S/C11H18O6/c1-6(13)14-5-8-10-9(7(4-12)15-8)16-11(2,3)17-10/h7-10,12H,4-5H2,1-3H3/t7-,8+,9-,10+/m0/s1. The van der Waals surface area contributed by atoms with Gasteiger partial charge in [0.1, 0.15) is 31.0 Å². The second kappa shape index (κ2) is 4.53. The molecule has 0 saturated carbocycles. The maximum atomic E-state index is 10.8. The van der Waals surface area contributed by atoms with Crippen molar-refractivity contribution in [1.82, 2.24) is 0 Å². The number of fused-ring (bicyclic) bond motifs is 1. The Morgan fingerprint density at radius 2 is 1.88 bits per heavy atom. The van der Waals surface area contributed by atoms with Crippen molar-refractivity contribution in [1.29, 1.82) is 0 Å². The molecule has 0 amide bonds. The molecule has 2 rings (SSSR count). The monoisotopic (exact) mass is 246 g/mol. The Morgan fingerprint density at radius 3 is 2.41 bits per heavy atom. The van der Waals surface area contributed by atoms with Gasteiger partial charge in [0.15, 0.2) is 5.79 Å². The van der Waals surface area contributed by atoms with Gasteiger partial charge >= 0.3 is 5.97 Å². The zero-order valence-corrected chi connectivity index (χ0v) is 10.2. The Bertz CT molecular complexity index is 302. The fourth-order valence-electron chi connectivity index (χ4n) is 2.25.